The fraction of sp³-hybridized carbons (Fsp3) is 0.261. The molecule has 29 heavy (non-hydrogen) atoms. The lowest BCUT2D eigenvalue weighted by Gasteiger charge is -2.23. The third kappa shape index (κ3) is 4.96. The second-order valence-corrected chi connectivity index (χ2v) is 7.31. The lowest BCUT2D eigenvalue weighted by Crippen LogP contribution is -2.22. The van der Waals surface area contributed by atoms with Gasteiger partial charge in [0.05, 0.1) is 5.69 Å². The van der Waals surface area contributed by atoms with Crippen molar-refractivity contribution in [2.75, 3.05) is 10.6 Å². The Balaban J connectivity index is 1.50. The Kier molecular flexibility index (Phi) is 5.79. The highest BCUT2D eigenvalue weighted by atomic mass is 19.1. The molecular formula is C23H23FN4O. The second-order valence-electron chi connectivity index (χ2n) is 7.31. The number of nitrogens with zero attached hydrogens (tertiary/aromatic N) is 2. The Hall–Kier alpha value is -3.28. The summed E-state index contributed by atoms with van der Waals surface area (Å²) >= 11 is 0. The van der Waals surface area contributed by atoms with Gasteiger partial charge in [-0.05, 0) is 43.2 Å². The third-order valence-electron chi connectivity index (χ3n) is 5.13. The highest BCUT2D eigenvalue weighted by Crippen LogP contribution is 2.24. The van der Waals surface area contributed by atoms with Gasteiger partial charge in [-0.15, -0.1) is 0 Å². The molecule has 5 nitrogen and oxygen atoms in total. The number of rotatable bonds is 5. The summed E-state index contributed by atoms with van der Waals surface area (Å²) in [4.78, 5) is 21.3. The van der Waals surface area contributed by atoms with Crippen molar-refractivity contribution >= 4 is 17.4 Å². The van der Waals surface area contributed by atoms with Crippen LogP contribution < -0.4 is 10.6 Å². The summed E-state index contributed by atoms with van der Waals surface area (Å²) in [7, 11) is 0. The van der Waals surface area contributed by atoms with Crippen LogP contribution in [-0.4, -0.2) is 21.9 Å². The maximum absolute atomic E-state index is 13.3. The molecule has 2 N–H and O–H groups in total. The molecule has 0 unspecified atom stereocenters. The molecule has 4 rings (SSSR count). The summed E-state index contributed by atoms with van der Waals surface area (Å²) in [5.41, 5.74) is 2.47. The average molecular weight is 390 g/mol. The van der Waals surface area contributed by atoms with E-state index in [1.165, 1.54) is 31.4 Å². The van der Waals surface area contributed by atoms with E-state index in [-0.39, 0.29) is 5.91 Å². The number of carbonyl (C=O) groups is 1. The smallest absolute Gasteiger partial charge is 0.255 e. The van der Waals surface area contributed by atoms with Crippen molar-refractivity contribution < 1.29 is 9.18 Å². The van der Waals surface area contributed by atoms with E-state index in [9.17, 15) is 9.18 Å². The predicted octanol–water partition coefficient (Wildman–Crippen LogP) is 5.28. The molecule has 1 saturated carbocycles. The monoisotopic (exact) mass is 390 g/mol. The van der Waals surface area contributed by atoms with Crippen LogP contribution in [0.5, 0.6) is 0 Å². The Morgan fingerprint density at radius 3 is 2.62 bits per heavy atom. The van der Waals surface area contributed by atoms with Crippen molar-refractivity contribution in [3.63, 3.8) is 0 Å². The Morgan fingerprint density at radius 1 is 0.966 bits per heavy atom. The van der Waals surface area contributed by atoms with Gasteiger partial charge < -0.3 is 10.6 Å². The highest BCUT2D eigenvalue weighted by Gasteiger charge is 2.14. The van der Waals surface area contributed by atoms with Crippen LogP contribution in [0.3, 0.4) is 0 Å². The molecule has 0 radical (unpaired) electrons. The number of aromatic nitrogens is 2. The molecule has 1 aliphatic rings. The molecule has 0 aliphatic heterocycles. The maximum atomic E-state index is 13.3. The number of halogens is 1. The standard InChI is InChI=1S/C23H23FN4O/c24-18-8-5-11-20(13-18)28-23(29)17-7-4-6-16(12-17)21-14-22(26-15-25-21)27-19-9-2-1-3-10-19/h4-8,11-15,19H,1-3,9-10H2,(H,28,29)(H,25,26,27). The topological polar surface area (TPSA) is 66.9 Å². The molecule has 1 fully saturated rings. The Labute approximate surface area is 169 Å². The quantitative estimate of drug-likeness (QED) is 0.622. The first-order valence-corrected chi connectivity index (χ1v) is 9.93. The summed E-state index contributed by atoms with van der Waals surface area (Å²) in [6.07, 6.45) is 7.66. The van der Waals surface area contributed by atoms with Crippen molar-refractivity contribution in [3.05, 3.63) is 72.3 Å². The Bertz CT molecular complexity index is 1000. The van der Waals surface area contributed by atoms with E-state index in [0.29, 0.717) is 17.3 Å². The third-order valence-corrected chi connectivity index (χ3v) is 5.13. The van der Waals surface area contributed by atoms with E-state index in [4.69, 9.17) is 0 Å². The zero-order valence-electron chi connectivity index (χ0n) is 16.1. The number of anilines is 2. The SMILES string of the molecule is O=C(Nc1cccc(F)c1)c1cccc(-c2cc(NC3CCCCC3)ncn2)c1. The fourth-order valence-corrected chi connectivity index (χ4v) is 3.64. The lowest BCUT2D eigenvalue weighted by atomic mass is 9.95. The van der Waals surface area contributed by atoms with E-state index >= 15 is 0 Å². The van der Waals surface area contributed by atoms with Crippen molar-refractivity contribution in [1.29, 1.82) is 0 Å². The summed E-state index contributed by atoms with van der Waals surface area (Å²) in [6, 6.07) is 15.4. The Morgan fingerprint density at radius 2 is 1.79 bits per heavy atom. The molecule has 1 heterocycles. The molecule has 3 aromatic rings. The normalized spacial score (nSPS) is 14.4. The molecule has 148 valence electrons. The first-order valence-electron chi connectivity index (χ1n) is 9.93. The van der Waals surface area contributed by atoms with Crippen LogP contribution in [0.15, 0.2) is 60.9 Å². The summed E-state index contributed by atoms with van der Waals surface area (Å²) in [5.74, 6) is 0.110. The first kappa shape index (κ1) is 19.1. The van der Waals surface area contributed by atoms with Gasteiger partial charge in [-0.2, -0.15) is 0 Å². The van der Waals surface area contributed by atoms with Crippen LogP contribution in [-0.2, 0) is 0 Å². The van der Waals surface area contributed by atoms with Gasteiger partial charge in [0.1, 0.15) is 18.0 Å². The lowest BCUT2D eigenvalue weighted by molar-refractivity contribution is 0.102. The molecule has 0 bridgehead atoms. The van der Waals surface area contributed by atoms with Gasteiger partial charge in [-0.25, -0.2) is 14.4 Å². The van der Waals surface area contributed by atoms with Crippen molar-refractivity contribution in [1.82, 2.24) is 9.97 Å². The highest BCUT2D eigenvalue weighted by molar-refractivity contribution is 6.04. The van der Waals surface area contributed by atoms with Crippen molar-refractivity contribution in [2.24, 2.45) is 0 Å². The van der Waals surface area contributed by atoms with Crippen LogP contribution >= 0.6 is 0 Å². The number of amides is 1. The number of benzene rings is 2. The molecule has 1 aliphatic carbocycles. The van der Waals surface area contributed by atoms with Crippen LogP contribution in [0.2, 0.25) is 0 Å². The average Bonchev–Trinajstić information content (AvgIpc) is 2.75. The van der Waals surface area contributed by atoms with E-state index in [1.54, 1.807) is 30.6 Å². The van der Waals surface area contributed by atoms with Crippen molar-refractivity contribution in [2.45, 2.75) is 38.1 Å². The van der Waals surface area contributed by atoms with Crippen LogP contribution in [0, 0.1) is 5.82 Å². The second kappa shape index (κ2) is 8.82. The van der Waals surface area contributed by atoms with E-state index in [2.05, 4.69) is 20.6 Å². The van der Waals surface area contributed by atoms with Gasteiger partial charge in [0.2, 0.25) is 0 Å². The van der Waals surface area contributed by atoms with Gasteiger partial charge in [-0.3, -0.25) is 4.79 Å². The molecular weight excluding hydrogens is 367 g/mol. The summed E-state index contributed by atoms with van der Waals surface area (Å²) in [6.45, 7) is 0. The molecule has 6 heteroatoms. The maximum Gasteiger partial charge on any atom is 0.255 e. The molecule has 0 saturated heterocycles. The first-order chi connectivity index (χ1) is 14.2. The predicted molar refractivity (Wildman–Crippen MR) is 112 cm³/mol. The van der Waals surface area contributed by atoms with Crippen LogP contribution in [0.4, 0.5) is 15.9 Å². The molecule has 1 aromatic heterocycles. The van der Waals surface area contributed by atoms with Gasteiger partial charge in [-0.1, -0.05) is 37.5 Å². The van der Waals surface area contributed by atoms with E-state index in [1.807, 2.05) is 18.2 Å². The van der Waals surface area contributed by atoms with Gasteiger partial charge in [0.15, 0.2) is 0 Å². The minimum atomic E-state index is -0.393. The van der Waals surface area contributed by atoms with Gasteiger partial charge in [0, 0.05) is 28.9 Å². The number of hydrogen-bond acceptors (Lipinski definition) is 4. The molecule has 1 amide bonds. The zero-order valence-corrected chi connectivity index (χ0v) is 16.1. The molecule has 0 atom stereocenters. The van der Waals surface area contributed by atoms with Gasteiger partial charge in [0.25, 0.3) is 5.91 Å². The molecule has 2 aromatic carbocycles. The van der Waals surface area contributed by atoms with Crippen LogP contribution in [0.1, 0.15) is 42.5 Å². The summed E-state index contributed by atoms with van der Waals surface area (Å²) in [5, 5.41) is 6.22. The fourth-order valence-electron chi connectivity index (χ4n) is 3.64. The van der Waals surface area contributed by atoms with E-state index in [0.717, 1.165) is 29.9 Å². The number of hydrogen-bond donors (Lipinski definition) is 2. The zero-order chi connectivity index (χ0) is 20.1. The number of carbonyl (C=O) groups excluding carboxylic acids is 1. The van der Waals surface area contributed by atoms with Crippen molar-refractivity contribution in [3.8, 4) is 11.3 Å². The van der Waals surface area contributed by atoms with E-state index < -0.39 is 5.82 Å². The minimum absolute atomic E-state index is 0.299. The summed E-state index contributed by atoms with van der Waals surface area (Å²) < 4.78 is 13.3. The van der Waals surface area contributed by atoms with Gasteiger partial charge >= 0.3 is 0 Å². The van der Waals surface area contributed by atoms with Crippen LogP contribution in [0.25, 0.3) is 11.3 Å². The molecule has 0 spiro atoms. The number of nitrogens with one attached hydrogen (secondary N) is 2. The minimum Gasteiger partial charge on any atom is -0.367 e. The largest absolute Gasteiger partial charge is 0.367 e.